The minimum absolute atomic E-state index is 0.632. The van der Waals surface area contributed by atoms with Gasteiger partial charge in [0, 0.05) is 17.1 Å². The first-order chi connectivity index (χ1) is 9.10. The van der Waals surface area contributed by atoms with E-state index in [0.29, 0.717) is 12.0 Å². The lowest BCUT2D eigenvalue weighted by Crippen LogP contribution is -2.44. The predicted molar refractivity (Wildman–Crippen MR) is 85.0 cm³/mol. The summed E-state index contributed by atoms with van der Waals surface area (Å²) in [6.45, 7) is 4.19. The average Bonchev–Trinajstić information content (AvgIpc) is 2.38. The summed E-state index contributed by atoms with van der Waals surface area (Å²) < 4.78 is 1.16. The second kappa shape index (κ2) is 6.87. The van der Waals surface area contributed by atoms with Crippen molar-refractivity contribution in [2.45, 2.75) is 38.8 Å². The Morgan fingerprint density at radius 1 is 1.37 bits per heavy atom. The first-order valence-corrected chi connectivity index (χ1v) is 8.04. The zero-order valence-electron chi connectivity index (χ0n) is 12.0. The van der Waals surface area contributed by atoms with Gasteiger partial charge in [-0.15, -0.1) is 0 Å². The van der Waals surface area contributed by atoms with Crippen molar-refractivity contribution in [3.63, 3.8) is 0 Å². The normalized spacial score (nSPS) is 27.7. The van der Waals surface area contributed by atoms with Crippen LogP contribution in [0.1, 0.15) is 31.7 Å². The van der Waals surface area contributed by atoms with Crippen LogP contribution in [0.15, 0.2) is 28.7 Å². The molecule has 3 heteroatoms. The Hall–Kier alpha value is -0.380. The maximum absolute atomic E-state index is 5.96. The first kappa shape index (κ1) is 15.0. The Labute approximate surface area is 125 Å². The number of hydrogen-bond acceptors (Lipinski definition) is 2. The maximum atomic E-state index is 5.96. The van der Waals surface area contributed by atoms with Crippen LogP contribution in [0.25, 0.3) is 0 Å². The average molecular weight is 325 g/mol. The molecule has 3 atom stereocenters. The lowest BCUT2D eigenvalue weighted by molar-refractivity contribution is 0.103. The van der Waals surface area contributed by atoms with Crippen molar-refractivity contribution < 1.29 is 0 Å². The molecule has 3 unspecified atom stereocenters. The van der Waals surface area contributed by atoms with Crippen LogP contribution in [0.4, 0.5) is 0 Å². The Balaban J connectivity index is 2.02. The second-order valence-corrected chi connectivity index (χ2v) is 6.94. The summed E-state index contributed by atoms with van der Waals surface area (Å²) in [5, 5.41) is 0. The molecule has 2 N–H and O–H groups in total. The summed E-state index contributed by atoms with van der Waals surface area (Å²) in [6.07, 6.45) is 3.90. The van der Waals surface area contributed by atoms with Crippen LogP contribution in [0.3, 0.4) is 0 Å². The molecule has 0 aromatic heterocycles. The van der Waals surface area contributed by atoms with E-state index in [1.54, 1.807) is 0 Å². The summed E-state index contributed by atoms with van der Waals surface area (Å²) in [5.41, 5.74) is 7.33. The van der Waals surface area contributed by atoms with Crippen LogP contribution in [0.5, 0.6) is 0 Å². The summed E-state index contributed by atoms with van der Waals surface area (Å²) in [6, 6.07) is 9.23. The van der Waals surface area contributed by atoms with Crippen molar-refractivity contribution in [3.05, 3.63) is 34.3 Å². The van der Waals surface area contributed by atoms with Crippen LogP contribution in [-0.4, -0.2) is 24.5 Å². The Bertz CT molecular complexity index is 407. The van der Waals surface area contributed by atoms with E-state index < -0.39 is 0 Å². The number of nitrogens with two attached hydrogens (primary N) is 1. The third-order valence-electron chi connectivity index (χ3n) is 4.41. The van der Waals surface area contributed by atoms with Gasteiger partial charge in [0.1, 0.15) is 0 Å². The molecule has 0 heterocycles. The quantitative estimate of drug-likeness (QED) is 0.916. The predicted octanol–water partition coefficient (Wildman–Crippen LogP) is 3.64. The van der Waals surface area contributed by atoms with Gasteiger partial charge in [-0.3, -0.25) is 4.90 Å². The summed E-state index contributed by atoms with van der Waals surface area (Å²) >= 11 is 3.54. The molecule has 1 aromatic rings. The van der Waals surface area contributed by atoms with E-state index in [0.717, 1.165) is 23.5 Å². The molecule has 0 radical (unpaired) electrons. The molecule has 0 aliphatic heterocycles. The molecule has 2 rings (SSSR count). The van der Waals surface area contributed by atoms with Gasteiger partial charge < -0.3 is 5.73 Å². The standard InChI is InChI=1S/C16H25BrN2/c1-12-6-7-14(10-18)16(8-12)19(2)11-13-4-3-5-15(17)9-13/h3-5,9,12,14,16H,6-8,10-11,18H2,1-2H3. The molecule has 19 heavy (non-hydrogen) atoms. The number of hydrogen-bond donors (Lipinski definition) is 1. The molecule has 0 amide bonds. The van der Waals surface area contributed by atoms with E-state index >= 15 is 0 Å². The van der Waals surface area contributed by atoms with Crippen molar-refractivity contribution in [3.8, 4) is 0 Å². The zero-order valence-corrected chi connectivity index (χ0v) is 13.6. The smallest absolute Gasteiger partial charge is 0.0234 e. The summed E-state index contributed by atoms with van der Waals surface area (Å²) in [4.78, 5) is 2.50. The fourth-order valence-electron chi connectivity index (χ4n) is 3.27. The highest BCUT2D eigenvalue weighted by Gasteiger charge is 2.30. The number of rotatable bonds is 4. The topological polar surface area (TPSA) is 29.3 Å². The van der Waals surface area contributed by atoms with Gasteiger partial charge in [0.2, 0.25) is 0 Å². The molecule has 1 aliphatic carbocycles. The molecular weight excluding hydrogens is 300 g/mol. The van der Waals surface area contributed by atoms with Crippen molar-refractivity contribution in [1.82, 2.24) is 4.90 Å². The van der Waals surface area contributed by atoms with Crippen LogP contribution < -0.4 is 5.73 Å². The van der Waals surface area contributed by atoms with Crippen molar-refractivity contribution in [2.24, 2.45) is 17.6 Å². The van der Waals surface area contributed by atoms with Crippen molar-refractivity contribution >= 4 is 15.9 Å². The molecule has 2 nitrogen and oxygen atoms in total. The molecule has 1 saturated carbocycles. The van der Waals surface area contributed by atoms with E-state index in [1.807, 2.05) is 0 Å². The van der Waals surface area contributed by atoms with E-state index in [2.05, 4.69) is 59.1 Å². The molecule has 0 saturated heterocycles. The minimum atomic E-state index is 0.632. The van der Waals surface area contributed by atoms with Crippen molar-refractivity contribution in [1.29, 1.82) is 0 Å². The molecule has 1 aromatic carbocycles. The van der Waals surface area contributed by atoms with Crippen LogP contribution in [-0.2, 0) is 6.54 Å². The molecule has 0 bridgehead atoms. The van der Waals surface area contributed by atoms with Crippen LogP contribution in [0, 0.1) is 11.8 Å². The van der Waals surface area contributed by atoms with Crippen LogP contribution >= 0.6 is 15.9 Å². The van der Waals surface area contributed by atoms with Gasteiger partial charge in [-0.2, -0.15) is 0 Å². The number of halogens is 1. The zero-order chi connectivity index (χ0) is 13.8. The molecule has 1 aliphatic rings. The molecular formula is C16H25BrN2. The van der Waals surface area contributed by atoms with Gasteiger partial charge in [0.15, 0.2) is 0 Å². The lowest BCUT2D eigenvalue weighted by Gasteiger charge is -2.40. The third kappa shape index (κ3) is 4.04. The van der Waals surface area contributed by atoms with Crippen LogP contribution in [0.2, 0.25) is 0 Å². The Morgan fingerprint density at radius 3 is 2.84 bits per heavy atom. The molecule has 106 valence electrons. The van der Waals surface area contributed by atoms with E-state index in [4.69, 9.17) is 5.73 Å². The SMILES string of the molecule is CC1CCC(CN)C(N(C)Cc2cccc(Br)c2)C1. The van der Waals surface area contributed by atoms with E-state index in [-0.39, 0.29) is 0 Å². The van der Waals surface area contributed by atoms with Gasteiger partial charge in [-0.25, -0.2) is 0 Å². The monoisotopic (exact) mass is 324 g/mol. The second-order valence-electron chi connectivity index (χ2n) is 6.03. The molecule has 1 fully saturated rings. The summed E-state index contributed by atoms with van der Waals surface area (Å²) in [7, 11) is 2.24. The van der Waals surface area contributed by atoms with Gasteiger partial charge in [0.25, 0.3) is 0 Å². The number of nitrogens with zero attached hydrogens (tertiary/aromatic N) is 1. The Kier molecular flexibility index (Phi) is 5.43. The highest BCUT2D eigenvalue weighted by atomic mass is 79.9. The van der Waals surface area contributed by atoms with Gasteiger partial charge in [0.05, 0.1) is 0 Å². The largest absolute Gasteiger partial charge is 0.330 e. The van der Waals surface area contributed by atoms with Crippen molar-refractivity contribution in [2.75, 3.05) is 13.6 Å². The Morgan fingerprint density at radius 2 is 2.16 bits per heavy atom. The highest BCUT2D eigenvalue weighted by Crippen LogP contribution is 2.31. The van der Waals surface area contributed by atoms with Gasteiger partial charge in [-0.05, 0) is 56.0 Å². The maximum Gasteiger partial charge on any atom is 0.0234 e. The fourth-order valence-corrected chi connectivity index (χ4v) is 3.72. The third-order valence-corrected chi connectivity index (χ3v) is 4.90. The highest BCUT2D eigenvalue weighted by molar-refractivity contribution is 9.10. The van der Waals surface area contributed by atoms with E-state index in [9.17, 15) is 0 Å². The van der Waals surface area contributed by atoms with Gasteiger partial charge in [-0.1, -0.05) is 41.4 Å². The first-order valence-electron chi connectivity index (χ1n) is 7.25. The van der Waals surface area contributed by atoms with E-state index in [1.165, 1.54) is 24.8 Å². The fraction of sp³-hybridized carbons (Fsp3) is 0.625. The number of benzene rings is 1. The lowest BCUT2D eigenvalue weighted by atomic mass is 9.78. The summed E-state index contributed by atoms with van der Waals surface area (Å²) in [5.74, 6) is 1.49. The van der Waals surface area contributed by atoms with Gasteiger partial charge >= 0.3 is 0 Å². The molecule has 0 spiro atoms. The minimum Gasteiger partial charge on any atom is -0.330 e.